The number of nitrogens with zero attached hydrogens (tertiary/aromatic N) is 4. The molecule has 0 radical (unpaired) electrons. The van der Waals surface area contributed by atoms with Gasteiger partial charge in [0.1, 0.15) is 21.8 Å². The Morgan fingerprint density at radius 3 is 2.56 bits per heavy atom. The van der Waals surface area contributed by atoms with Gasteiger partial charge in [-0.3, -0.25) is 19.1 Å². The van der Waals surface area contributed by atoms with Gasteiger partial charge >= 0.3 is 0 Å². The number of pyridine rings is 1. The lowest BCUT2D eigenvalue weighted by molar-refractivity contribution is -0.122. The lowest BCUT2D eigenvalue weighted by Gasteiger charge is -2.36. The molecule has 2 fully saturated rings. The van der Waals surface area contributed by atoms with Crippen molar-refractivity contribution in [2.45, 2.75) is 59.0 Å². The van der Waals surface area contributed by atoms with Gasteiger partial charge in [-0.25, -0.2) is 0 Å². The van der Waals surface area contributed by atoms with Gasteiger partial charge in [-0.15, -0.1) is 0 Å². The Morgan fingerprint density at radius 1 is 1.07 bits per heavy atom. The molecule has 0 atom stereocenters. The predicted molar refractivity (Wildman–Crippen MR) is 181 cm³/mol. The molecule has 0 bridgehead atoms. The number of unbranched alkanes of at least 4 members (excludes halogenated alkanes) is 1. The zero-order valence-corrected chi connectivity index (χ0v) is 27.2. The Morgan fingerprint density at radius 2 is 1.82 bits per heavy atom. The van der Waals surface area contributed by atoms with E-state index < -0.39 is 0 Å². The van der Waals surface area contributed by atoms with Crippen molar-refractivity contribution in [1.82, 2.24) is 9.47 Å². The number of hydrogen-bond acceptors (Lipinski definition) is 8. The number of carbonyl (C=O) groups is 1. The lowest BCUT2D eigenvalue weighted by atomic mass is 9.90. The standard InChI is InChI=1S/C35H36N4O4S2/c1-3-4-14-38-32(37-15-12-25(13-16-37)17-24-8-6-5-7-9-24)27(23(2)28(20-36)33(38)40)19-31-34(41)39(35(44)45-31)21-26-10-11-29-30(18-26)43-22-42-29/h5-11,18-19,25H,3-4,12-17,21-22H2,1-2H3/b31-19-. The maximum absolute atomic E-state index is 13.8. The molecule has 0 aliphatic carbocycles. The summed E-state index contributed by atoms with van der Waals surface area (Å²) in [6.07, 6.45) is 6.59. The first kappa shape index (κ1) is 30.9. The summed E-state index contributed by atoms with van der Waals surface area (Å²) in [7, 11) is 0. The molecule has 4 heterocycles. The summed E-state index contributed by atoms with van der Waals surface area (Å²) in [4.78, 5) is 31.9. The number of rotatable bonds is 9. The number of amides is 1. The minimum atomic E-state index is -0.266. The van der Waals surface area contributed by atoms with Crippen molar-refractivity contribution in [2.75, 3.05) is 24.8 Å². The van der Waals surface area contributed by atoms with Crippen molar-refractivity contribution in [3.8, 4) is 17.6 Å². The molecule has 1 aromatic heterocycles. The van der Waals surface area contributed by atoms with Crippen LogP contribution in [0, 0.1) is 24.2 Å². The number of fused-ring (bicyclic) bond motifs is 1. The van der Waals surface area contributed by atoms with E-state index in [0.29, 0.717) is 45.3 Å². The molecule has 8 nitrogen and oxygen atoms in total. The molecule has 6 rings (SSSR count). The van der Waals surface area contributed by atoms with Crippen LogP contribution in [0.4, 0.5) is 5.82 Å². The number of aromatic nitrogens is 1. The van der Waals surface area contributed by atoms with E-state index in [4.69, 9.17) is 21.7 Å². The van der Waals surface area contributed by atoms with Crippen LogP contribution in [0.2, 0.25) is 0 Å². The lowest BCUT2D eigenvalue weighted by Crippen LogP contribution is -2.40. The van der Waals surface area contributed by atoms with E-state index in [9.17, 15) is 14.9 Å². The number of hydrogen-bond donors (Lipinski definition) is 0. The van der Waals surface area contributed by atoms with Crippen molar-refractivity contribution in [2.24, 2.45) is 5.92 Å². The third kappa shape index (κ3) is 6.37. The van der Waals surface area contributed by atoms with Crippen LogP contribution in [0.25, 0.3) is 6.08 Å². The minimum Gasteiger partial charge on any atom is -0.454 e. The van der Waals surface area contributed by atoms with Gasteiger partial charge in [0.05, 0.1) is 11.4 Å². The van der Waals surface area contributed by atoms with E-state index in [1.165, 1.54) is 17.3 Å². The Hall–Kier alpha value is -4.07. The molecule has 3 aliphatic rings. The molecule has 0 unspecified atom stereocenters. The Labute approximate surface area is 273 Å². The van der Waals surface area contributed by atoms with Crippen molar-refractivity contribution < 1.29 is 14.3 Å². The highest BCUT2D eigenvalue weighted by atomic mass is 32.2. The Balaban J connectivity index is 1.33. The number of nitriles is 1. The fraction of sp³-hybridized carbons (Fsp3) is 0.371. The first-order valence-corrected chi connectivity index (χ1v) is 16.7. The van der Waals surface area contributed by atoms with Gasteiger partial charge in [0.15, 0.2) is 11.5 Å². The fourth-order valence-electron chi connectivity index (χ4n) is 6.29. The van der Waals surface area contributed by atoms with E-state index in [1.54, 1.807) is 9.47 Å². The Bertz CT molecular complexity index is 1750. The first-order chi connectivity index (χ1) is 21.9. The molecule has 3 aliphatic heterocycles. The van der Waals surface area contributed by atoms with E-state index in [1.807, 2.05) is 37.3 Å². The second-order valence-corrected chi connectivity index (χ2v) is 13.4. The van der Waals surface area contributed by atoms with Crippen LogP contribution in [-0.2, 0) is 24.3 Å². The van der Waals surface area contributed by atoms with Crippen molar-refractivity contribution in [3.63, 3.8) is 0 Å². The molecule has 45 heavy (non-hydrogen) atoms. The maximum atomic E-state index is 13.8. The fourth-order valence-corrected chi connectivity index (χ4v) is 7.53. The van der Waals surface area contributed by atoms with Crippen LogP contribution in [0.1, 0.15) is 60.4 Å². The summed E-state index contributed by atoms with van der Waals surface area (Å²) in [5, 5.41) is 10.1. The summed E-state index contributed by atoms with van der Waals surface area (Å²) < 4.78 is 13.2. The van der Waals surface area contributed by atoms with Gasteiger partial charge in [0.2, 0.25) is 6.79 Å². The maximum Gasteiger partial charge on any atom is 0.270 e. The predicted octanol–water partition coefficient (Wildman–Crippen LogP) is 6.42. The van der Waals surface area contributed by atoms with Gasteiger partial charge in [0, 0.05) is 25.2 Å². The molecule has 0 saturated carbocycles. The molecular formula is C35H36N4O4S2. The van der Waals surface area contributed by atoms with Crippen LogP contribution in [-0.4, -0.2) is 39.6 Å². The zero-order chi connectivity index (χ0) is 31.5. The van der Waals surface area contributed by atoms with E-state index in [0.717, 1.165) is 62.1 Å². The number of ether oxygens (including phenoxy) is 2. The van der Waals surface area contributed by atoms with Gasteiger partial charge in [-0.05, 0) is 73.4 Å². The summed E-state index contributed by atoms with van der Waals surface area (Å²) in [6.45, 7) is 6.48. The average Bonchev–Trinajstić information content (AvgIpc) is 3.62. The second kappa shape index (κ2) is 13.5. The highest BCUT2D eigenvalue weighted by molar-refractivity contribution is 8.26. The monoisotopic (exact) mass is 640 g/mol. The van der Waals surface area contributed by atoms with E-state index in [-0.39, 0.29) is 23.8 Å². The van der Waals surface area contributed by atoms with Crippen LogP contribution < -0.4 is 19.9 Å². The van der Waals surface area contributed by atoms with Gasteiger partial charge in [0.25, 0.3) is 11.5 Å². The third-order valence-electron chi connectivity index (χ3n) is 8.79. The van der Waals surface area contributed by atoms with Crippen molar-refractivity contribution >= 4 is 46.1 Å². The quantitative estimate of drug-likeness (QED) is 0.196. The number of carbonyl (C=O) groups excluding carboxylic acids is 1. The number of anilines is 1. The summed E-state index contributed by atoms with van der Waals surface area (Å²) >= 11 is 6.93. The van der Waals surface area contributed by atoms with Crippen molar-refractivity contribution in [1.29, 1.82) is 5.26 Å². The van der Waals surface area contributed by atoms with Crippen LogP contribution in [0.15, 0.2) is 58.2 Å². The summed E-state index contributed by atoms with van der Waals surface area (Å²) in [5.41, 5.74) is 3.42. The smallest absolute Gasteiger partial charge is 0.270 e. The van der Waals surface area contributed by atoms with E-state index in [2.05, 4.69) is 42.2 Å². The summed E-state index contributed by atoms with van der Waals surface area (Å²) in [5.74, 6) is 2.49. The van der Waals surface area contributed by atoms with Crippen LogP contribution >= 0.6 is 24.0 Å². The first-order valence-electron chi connectivity index (χ1n) is 15.5. The number of piperidine rings is 1. The molecule has 2 saturated heterocycles. The molecule has 2 aromatic carbocycles. The highest BCUT2D eigenvalue weighted by Crippen LogP contribution is 2.39. The summed E-state index contributed by atoms with van der Waals surface area (Å²) in [6, 6.07) is 18.3. The molecule has 0 spiro atoms. The SMILES string of the molecule is CCCCn1c(N2CCC(Cc3ccccc3)CC2)c(/C=C2\SC(=S)N(Cc3ccc4c(c3)OCO4)C2=O)c(C)c(C#N)c1=O. The molecule has 0 N–H and O–H groups in total. The van der Waals surface area contributed by atoms with Crippen LogP contribution in [0.5, 0.6) is 11.5 Å². The molecule has 3 aromatic rings. The van der Waals surface area contributed by atoms with Crippen molar-refractivity contribution in [3.05, 3.63) is 91.6 Å². The zero-order valence-electron chi connectivity index (χ0n) is 25.6. The third-order valence-corrected chi connectivity index (χ3v) is 10.2. The largest absolute Gasteiger partial charge is 0.454 e. The highest BCUT2D eigenvalue weighted by Gasteiger charge is 2.34. The topological polar surface area (TPSA) is 87.8 Å². The van der Waals surface area contributed by atoms with Gasteiger partial charge in [-0.2, -0.15) is 5.26 Å². The van der Waals surface area contributed by atoms with Crippen LogP contribution in [0.3, 0.4) is 0 Å². The molecule has 1 amide bonds. The van der Waals surface area contributed by atoms with Gasteiger partial charge in [-0.1, -0.05) is 73.7 Å². The number of thioether (sulfide) groups is 1. The second-order valence-electron chi connectivity index (χ2n) is 11.7. The normalized spacial score (nSPS) is 17.4. The Kier molecular flexibility index (Phi) is 9.29. The van der Waals surface area contributed by atoms with E-state index >= 15 is 0 Å². The number of thiocarbonyl (C=S) groups is 1. The van der Waals surface area contributed by atoms with Gasteiger partial charge < -0.3 is 14.4 Å². The molecule has 10 heteroatoms. The molecular weight excluding hydrogens is 605 g/mol. The number of benzene rings is 2. The molecule has 232 valence electrons. The minimum absolute atomic E-state index is 0.121. The average molecular weight is 641 g/mol.